The number of anilines is 1. The van der Waals surface area contributed by atoms with Crippen molar-refractivity contribution < 1.29 is 17.5 Å². The predicted octanol–water partition coefficient (Wildman–Crippen LogP) is 4.71. The number of rotatable bonds is 10. The van der Waals surface area contributed by atoms with Crippen LogP contribution in [0.25, 0.3) is 0 Å². The second kappa shape index (κ2) is 11.9. The molecule has 2 heterocycles. The Bertz CT molecular complexity index is 1120. The van der Waals surface area contributed by atoms with Crippen molar-refractivity contribution >= 4 is 39.2 Å². The Morgan fingerprint density at radius 3 is 2.25 bits per heavy atom. The largest absolute Gasteiger partial charge is 0.496 e. The van der Waals surface area contributed by atoms with Gasteiger partial charge in [-0.15, -0.1) is 23.5 Å². The van der Waals surface area contributed by atoms with Crippen LogP contribution < -0.4 is 9.64 Å². The van der Waals surface area contributed by atoms with E-state index in [-0.39, 0.29) is 5.82 Å². The Balaban J connectivity index is 1.44. The summed E-state index contributed by atoms with van der Waals surface area (Å²) in [6, 6.07) is 12.0. The molecular formula is C26H36FN3O3S3. The number of methoxy groups -OCH3 is 1. The third-order valence-electron chi connectivity index (χ3n) is 6.79. The van der Waals surface area contributed by atoms with Crippen molar-refractivity contribution in [2.45, 2.75) is 29.2 Å². The molecule has 0 aromatic heterocycles. The summed E-state index contributed by atoms with van der Waals surface area (Å²) < 4.78 is 47.5. The summed E-state index contributed by atoms with van der Waals surface area (Å²) in [5.41, 5.74) is 1.85. The van der Waals surface area contributed by atoms with E-state index in [2.05, 4.69) is 23.6 Å². The molecular weight excluding hydrogens is 518 g/mol. The van der Waals surface area contributed by atoms with E-state index in [1.807, 2.05) is 18.2 Å². The lowest BCUT2D eigenvalue weighted by Gasteiger charge is -2.43. The van der Waals surface area contributed by atoms with Crippen LogP contribution in [0.4, 0.5) is 10.1 Å². The van der Waals surface area contributed by atoms with E-state index in [0.29, 0.717) is 23.7 Å². The van der Waals surface area contributed by atoms with Gasteiger partial charge in [0.05, 0.1) is 12.0 Å². The van der Waals surface area contributed by atoms with E-state index in [0.717, 1.165) is 61.9 Å². The molecule has 0 spiro atoms. The fourth-order valence-electron chi connectivity index (χ4n) is 5.10. The van der Waals surface area contributed by atoms with Crippen LogP contribution in [-0.2, 0) is 14.1 Å². The highest BCUT2D eigenvalue weighted by Crippen LogP contribution is 2.55. The van der Waals surface area contributed by atoms with Crippen molar-refractivity contribution in [1.82, 2.24) is 9.21 Å². The third kappa shape index (κ3) is 5.67. The van der Waals surface area contributed by atoms with Crippen LogP contribution in [0.1, 0.15) is 25.8 Å². The second-order valence-corrected chi connectivity index (χ2v) is 14.2. The normalized spacial score (nSPS) is 19.7. The molecule has 0 saturated carbocycles. The summed E-state index contributed by atoms with van der Waals surface area (Å²) >= 11 is 3.60. The van der Waals surface area contributed by atoms with Gasteiger partial charge >= 0.3 is 0 Å². The molecule has 4 rings (SSSR count). The monoisotopic (exact) mass is 553 g/mol. The molecule has 2 aromatic carbocycles. The zero-order valence-electron chi connectivity index (χ0n) is 21.3. The maximum absolute atomic E-state index is 13.7. The van der Waals surface area contributed by atoms with E-state index in [4.69, 9.17) is 4.74 Å². The zero-order chi connectivity index (χ0) is 25.8. The topological polar surface area (TPSA) is 53.1 Å². The molecule has 0 radical (unpaired) electrons. The Labute approximate surface area is 223 Å². The van der Waals surface area contributed by atoms with E-state index < -0.39 is 14.1 Å². The van der Waals surface area contributed by atoms with Crippen molar-refractivity contribution in [3.63, 3.8) is 0 Å². The maximum atomic E-state index is 13.7. The van der Waals surface area contributed by atoms with Crippen molar-refractivity contribution in [2.75, 3.05) is 69.3 Å². The molecule has 0 bridgehead atoms. The van der Waals surface area contributed by atoms with Crippen LogP contribution in [0.5, 0.6) is 5.75 Å². The van der Waals surface area contributed by atoms with Gasteiger partial charge in [0.2, 0.25) is 10.0 Å². The highest BCUT2D eigenvalue weighted by Gasteiger charge is 2.48. The minimum absolute atomic E-state index is 0.218. The smallest absolute Gasteiger partial charge is 0.243 e. The molecule has 0 N–H and O–H groups in total. The number of halogens is 1. The molecule has 198 valence electrons. The first-order valence-electron chi connectivity index (χ1n) is 12.5. The molecule has 2 aliphatic heterocycles. The summed E-state index contributed by atoms with van der Waals surface area (Å²) in [5, 5.41) is 0. The van der Waals surface area contributed by atoms with Crippen molar-refractivity contribution in [3.8, 4) is 5.75 Å². The highest BCUT2D eigenvalue weighted by atomic mass is 32.2. The molecule has 1 fully saturated rings. The first-order chi connectivity index (χ1) is 17.3. The SMILES string of the molecule is CCSC1(SCC)CN(CCCN2CCN(c3ccc(F)cc3)CC2)S(=O)(=O)c2cccc(OC)c21. The molecule has 2 aliphatic rings. The maximum Gasteiger partial charge on any atom is 0.243 e. The van der Waals surface area contributed by atoms with Crippen LogP contribution in [0.3, 0.4) is 0 Å². The molecule has 6 nitrogen and oxygen atoms in total. The van der Waals surface area contributed by atoms with Crippen LogP contribution in [0.2, 0.25) is 0 Å². The van der Waals surface area contributed by atoms with Crippen LogP contribution in [-0.4, -0.2) is 82.1 Å². The number of sulfonamides is 1. The van der Waals surface area contributed by atoms with Gasteiger partial charge in [0.1, 0.15) is 15.6 Å². The van der Waals surface area contributed by atoms with Gasteiger partial charge < -0.3 is 9.64 Å². The molecule has 10 heteroatoms. The average molecular weight is 554 g/mol. The Morgan fingerprint density at radius 2 is 1.64 bits per heavy atom. The number of benzene rings is 2. The number of thioether (sulfide) groups is 2. The quantitative estimate of drug-likeness (QED) is 0.395. The van der Waals surface area contributed by atoms with E-state index in [1.165, 1.54) is 12.1 Å². The van der Waals surface area contributed by atoms with Gasteiger partial charge in [-0.05, 0) is 60.9 Å². The molecule has 0 unspecified atom stereocenters. The molecule has 0 atom stereocenters. The van der Waals surface area contributed by atoms with Gasteiger partial charge in [0.25, 0.3) is 0 Å². The standard InChI is InChI=1S/C26H36FN3O3S3/c1-4-34-26(35-5-2)20-30(36(31,32)24-9-6-8-23(33-3)25(24)26)15-7-14-28-16-18-29(19-17-28)22-12-10-21(27)11-13-22/h6,8-13H,4-5,7,14-20H2,1-3H3. The lowest BCUT2D eigenvalue weighted by molar-refractivity contribution is 0.244. The Hall–Kier alpha value is -1.46. The number of ether oxygens (including phenoxy) is 1. The van der Waals surface area contributed by atoms with Gasteiger partial charge in [-0.25, -0.2) is 12.8 Å². The molecule has 0 aliphatic carbocycles. The highest BCUT2D eigenvalue weighted by molar-refractivity contribution is 8.17. The summed E-state index contributed by atoms with van der Waals surface area (Å²) in [6.07, 6.45) is 0.777. The van der Waals surface area contributed by atoms with E-state index in [1.54, 1.807) is 47.1 Å². The lowest BCUT2D eigenvalue weighted by atomic mass is 10.1. The lowest BCUT2D eigenvalue weighted by Crippen LogP contribution is -2.49. The second-order valence-electron chi connectivity index (χ2n) is 8.95. The zero-order valence-corrected chi connectivity index (χ0v) is 23.7. The van der Waals surface area contributed by atoms with Crippen LogP contribution >= 0.6 is 23.5 Å². The number of nitrogens with zero attached hydrogens (tertiary/aromatic N) is 3. The number of piperazine rings is 1. The van der Waals surface area contributed by atoms with E-state index >= 15 is 0 Å². The summed E-state index contributed by atoms with van der Waals surface area (Å²) in [6.45, 7) is 9.60. The van der Waals surface area contributed by atoms with Crippen molar-refractivity contribution in [1.29, 1.82) is 0 Å². The van der Waals surface area contributed by atoms with Gasteiger partial charge in [0, 0.05) is 50.5 Å². The average Bonchev–Trinajstić information content (AvgIpc) is 2.88. The van der Waals surface area contributed by atoms with Crippen LogP contribution in [0, 0.1) is 5.82 Å². The van der Waals surface area contributed by atoms with Gasteiger partial charge in [0.15, 0.2) is 0 Å². The summed E-state index contributed by atoms with van der Waals surface area (Å²) in [4.78, 5) is 5.04. The number of fused-ring (bicyclic) bond motifs is 1. The van der Waals surface area contributed by atoms with Gasteiger partial charge in [-0.2, -0.15) is 4.31 Å². The number of hydrogen-bond acceptors (Lipinski definition) is 7. The van der Waals surface area contributed by atoms with Crippen LogP contribution in [0.15, 0.2) is 47.4 Å². The van der Waals surface area contributed by atoms with Gasteiger partial charge in [-0.1, -0.05) is 19.9 Å². The molecule has 1 saturated heterocycles. The Kier molecular flexibility index (Phi) is 9.14. The first-order valence-corrected chi connectivity index (χ1v) is 15.9. The first kappa shape index (κ1) is 27.6. The molecule has 2 aromatic rings. The number of hydrogen-bond donors (Lipinski definition) is 0. The predicted molar refractivity (Wildman–Crippen MR) is 149 cm³/mol. The van der Waals surface area contributed by atoms with E-state index in [9.17, 15) is 12.8 Å². The Morgan fingerprint density at radius 1 is 0.972 bits per heavy atom. The fraction of sp³-hybridized carbons (Fsp3) is 0.538. The third-order valence-corrected chi connectivity index (χ3v) is 11.6. The van der Waals surface area contributed by atoms with Crippen molar-refractivity contribution in [3.05, 3.63) is 53.8 Å². The molecule has 0 amide bonds. The molecule has 36 heavy (non-hydrogen) atoms. The summed E-state index contributed by atoms with van der Waals surface area (Å²) in [7, 11) is -1.99. The van der Waals surface area contributed by atoms with Crippen molar-refractivity contribution in [2.24, 2.45) is 0 Å². The fourth-order valence-corrected chi connectivity index (χ4v) is 10.4. The van der Waals surface area contributed by atoms with Gasteiger partial charge in [-0.3, -0.25) is 4.90 Å². The summed E-state index contributed by atoms with van der Waals surface area (Å²) in [5.74, 6) is 2.20. The minimum atomic E-state index is -3.61. The minimum Gasteiger partial charge on any atom is -0.496 e.